The minimum absolute atomic E-state index is 0.0793. The first-order valence-corrected chi connectivity index (χ1v) is 10.6. The van der Waals surface area contributed by atoms with Crippen molar-refractivity contribution in [2.24, 2.45) is 0 Å². The van der Waals surface area contributed by atoms with Gasteiger partial charge < -0.3 is 29.7 Å². The summed E-state index contributed by atoms with van der Waals surface area (Å²) in [5.41, 5.74) is -1.64. The van der Waals surface area contributed by atoms with Gasteiger partial charge in [0.2, 0.25) is 0 Å². The number of carbonyl (C=O) groups is 1. The number of nitrogens with zero attached hydrogens (tertiary/aromatic N) is 2. The lowest BCUT2D eigenvalue weighted by molar-refractivity contribution is -0.257. The van der Waals surface area contributed by atoms with Crippen molar-refractivity contribution in [1.29, 1.82) is 0 Å². The third-order valence-electron chi connectivity index (χ3n) is 5.80. The van der Waals surface area contributed by atoms with Gasteiger partial charge in [-0.1, -0.05) is 18.2 Å². The van der Waals surface area contributed by atoms with Crippen LogP contribution in [0.3, 0.4) is 0 Å². The van der Waals surface area contributed by atoms with Crippen LogP contribution in [0.25, 0.3) is 0 Å². The fourth-order valence-corrected chi connectivity index (χ4v) is 4.03. The van der Waals surface area contributed by atoms with E-state index >= 15 is 0 Å². The molecule has 1 aromatic heterocycles. The van der Waals surface area contributed by atoms with Crippen LogP contribution in [0.1, 0.15) is 42.8 Å². The number of anilines is 1. The van der Waals surface area contributed by atoms with Crippen molar-refractivity contribution in [3.05, 3.63) is 58.6 Å². The van der Waals surface area contributed by atoms with Gasteiger partial charge in [-0.2, -0.15) is 4.98 Å². The van der Waals surface area contributed by atoms with Crippen molar-refractivity contribution < 1.29 is 29.2 Å². The number of hydrogen-bond acceptors (Lipinski definition) is 8. The normalized spacial score (nSPS) is 30.2. The molecule has 0 bridgehead atoms. The summed E-state index contributed by atoms with van der Waals surface area (Å²) in [6, 6.07) is 10.0. The molecule has 10 nitrogen and oxygen atoms in total. The number of aliphatic hydroxyl groups is 2. The van der Waals surface area contributed by atoms with E-state index < -0.39 is 48.5 Å². The molecule has 2 aliphatic rings. The van der Waals surface area contributed by atoms with Gasteiger partial charge in [0.05, 0.1) is 6.61 Å². The largest absolute Gasteiger partial charge is 0.394 e. The first kappa shape index (κ1) is 22.6. The molecule has 2 fully saturated rings. The lowest BCUT2D eigenvalue weighted by atomic mass is 9.95. The van der Waals surface area contributed by atoms with Crippen LogP contribution < -0.4 is 11.0 Å². The fraction of sp³-hybridized carbons (Fsp3) is 0.500. The Morgan fingerprint density at radius 3 is 2.75 bits per heavy atom. The van der Waals surface area contributed by atoms with Crippen LogP contribution in [0.4, 0.5) is 5.82 Å². The number of hydrogen-bond donors (Lipinski definition) is 3. The minimum Gasteiger partial charge on any atom is -0.394 e. The van der Waals surface area contributed by atoms with Crippen LogP contribution in [0.5, 0.6) is 0 Å². The molecule has 5 atom stereocenters. The van der Waals surface area contributed by atoms with E-state index in [0.29, 0.717) is 18.6 Å². The second-order valence-electron chi connectivity index (χ2n) is 8.07. The first-order valence-electron chi connectivity index (χ1n) is 10.6. The Hall–Kier alpha value is -2.63. The Balaban J connectivity index is 1.57. The number of rotatable bonds is 6. The highest BCUT2D eigenvalue weighted by Crippen LogP contribution is 2.42. The van der Waals surface area contributed by atoms with Crippen molar-refractivity contribution in [3.8, 4) is 0 Å². The molecular weight excluding hydrogens is 418 g/mol. The second kappa shape index (κ2) is 9.47. The van der Waals surface area contributed by atoms with Gasteiger partial charge in [0.1, 0.15) is 23.6 Å². The second-order valence-corrected chi connectivity index (χ2v) is 8.07. The summed E-state index contributed by atoms with van der Waals surface area (Å²) in [7, 11) is 0. The number of aromatic nitrogens is 2. The highest BCUT2D eigenvalue weighted by molar-refractivity contribution is 6.03. The molecule has 2 aromatic rings. The third kappa shape index (κ3) is 4.45. The maximum Gasteiger partial charge on any atom is 0.351 e. The van der Waals surface area contributed by atoms with Crippen molar-refractivity contribution in [2.45, 2.75) is 56.5 Å². The molecule has 1 unspecified atom stereocenters. The Morgan fingerprint density at radius 1 is 1.31 bits per heavy atom. The van der Waals surface area contributed by atoms with Crippen molar-refractivity contribution >= 4 is 11.7 Å². The number of amides is 1. The van der Waals surface area contributed by atoms with Gasteiger partial charge >= 0.3 is 5.69 Å². The molecule has 0 spiro atoms. The Bertz CT molecular complexity index is 993. The van der Waals surface area contributed by atoms with E-state index in [0.717, 1.165) is 12.8 Å². The topological polar surface area (TPSA) is 132 Å². The summed E-state index contributed by atoms with van der Waals surface area (Å²) in [4.78, 5) is 29.1. The number of benzene rings is 1. The summed E-state index contributed by atoms with van der Waals surface area (Å²) in [6.45, 7) is 1.71. The van der Waals surface area contributed by atoms with E-state index in [2.05, 4.69) is 10.3 Å². The van der Waals surface area contributed by atoms with Crippen LogP contribution in [0.15, 0.2) is 47.4 Å². The third-order valence-corrected chi connectivity index (χ3v) is 5.80. The SMILES string of the molecule is C[C@@]1(OC2CCCCO2)[C@H](O)[C@@H](CO)O[C@H]1n1ccc(NC(=O)c2ccccc2)nc1=O. The van der Waals surface area contributed by atoms with Gasteiger partial charge in [0.25, 0.3) is 5.91 Å². The highest BCUT2D eigenvalue weighted by atomic mass is 16.7. The molecule has 2 saturated heterocycles. The summed E-state index contributed by atoms with van der Waals surface area (Å²) in [5, 5.41) is 23.0. The molecule has 1 aromatic carbocycles. The average molecular weight is 445 g/mol. The zero-order chi connectivity index (χ0) is 22.7. The molecule has 0 saturated carbocycles. The molecule has 1 amide bonds. The van der Waals surface area contributed by atoms with E-state index in [1.54, 1.807) is 37.3 Å². The zero-order valence-electron chi connectivity index (χ0n) is 17.7. The van der Waals surface area contributed by atoms with Crippen molar-refractivity contribution in [1.82, 2.24) is 9.55 Å². The molecule has 10 heteroatoms. The molecule has 0 radical (unpaired) electrons. The van der Waals surface area contributed by atoms with Crippen LogP contribution in [-0.2, 0) is 14.2 Å². The van der Waals surface area contributed by atoms with Gasteiger partial charge in [-0.3, -0.25) is 9.36 Å². The van der Waals surface area contributed by atoms with Gasteiger partial charge in [-0.25, -0.2) is 4.79 Å². The quantitative estimate of drug-likeness (QED) is 0.601. The van der Waals surface area contributed by atoms with E-state index in [4.69, 9.17) is 14.2 Å². The summed E-state index contributed by atoms with van der Waals surface area (Å²) in [5.74, 6) is -0.318. The molecule has 3 heterocycles. The molecular formula is C22H27N3O7. The zero-order valence-corrected chi connectivity index (χ0v) is 17.7. The van der Waals surface area contributed by atoms with Gasteiger partial charge in [-0.15, -0.1) is 0 Å². The van der Waals surface area contributed by atoms with E-state index in [9.17, 15) is 19.8 Å². The minimum atomic E-state index is -1.37. The summed E-state index contributed by atoms with van der Waals surface area (Å²) >= 11 is 0. The Kier molecular flexibility index (Phi) is 6.68. The molecule has 3 N–H and O–H groups in total. The smallest absolute Gasteiger partial charge is 0.351 e. The predicted octanol–water partition coefficient (Wildman–Crippen LogP) is 1.05. The van der Waals surface area contributed by atoms with Gasteiger partial charge in [0, 0.05) is 18.4 Å². The summed E-state index contributed by atoms with van der Waals surface area (Å²) < 4.78 is 18.7. The van der Waals surface area contributed by atoms with E-state index in [1.165, 1.54) is 16.8 Å². The van der Waals surface area contributed by atoms with Crippen molar-refractivity contribution in [3.63, 3.8) is 0 Å². The lowest BCUT2D eigenvalue weighted by Crippen LogP contribution is -2.51. The standard InChI is InChI=1S/C22H27N3O7/c1-22(32-17-9-5-6-12-30-17)18(27)15(13-26)31-20(22)25-11-10-16(24-21(25)29)23-19(28)14-7-3-2-4-8-14/h2-4,7-8,10-11,15,17-18,20,26-27H,5-6,9,12-13H2,1H3,(H,23,24,28,29)/t15-,17?,18-,20-,22-/m1/s1. The number of nitrogens with one attached hydrogen (secondary N) is 1. The fourth-order valence-electron chi connectivity index (χ4n) is 4.03. The molecule has 0 aliphatic carbocycles. The molecule has 32 heavy (non-hydrogen) atoms. The van der Waals surface area contributed by atoms with E-state index in [-0.39, 0.29) is 5.82 Å². The Labute approximate surface area is 184 Å². The van der Waals surface area contributed by atoms with Gasteiger partial charge in [-0.05, 0) is 44.4 Å². The maximum atomic E-state index is 12.8. The maximum absolute atomic E-state index is 12.8. The van der Waals surface area contributed by atoms with Crippen molar-refractivity contribution in [2.75, 3.05) is 18.5 Å². The van der Waals surface area contributed by atoms with Crippen LogP contribution in [0.2, 0.25) is 0 Å². The highest BCUT2D eigenvalue weighted by Gasteiger charge is 2.56. The number of carbonyl (C=O) groups excluding carboxylic acids is 1. The number of ether oxygens (including phenoxy) is 3. The van der Waals surface area contributed by atoms with Crippen LogP contribution >= 0.6 is 0 Å². The van der Waals surface area contributed by atoms with Gasteiger partial charge in [0.15, 0.2) is 12.5 Å². The monoisotopic (exact) mass is 445 g/mol. The van der Waals surface area contributed by atoms with E-state index in [1.807, 2.05) is 0 Å². The first-order chi connectivity index (χ1) is 15.4. The van der Waals surface area contributed by atoms with Crippen LogP contribution in [-0.4, -0.2) is 63.0 Å². The Morgan fingerprint density at radius 2 is 2.09 bits per heavy atom. The predicted molar refractivity (Wildman–Crippen MR) is 113 cm³/mol. The average Bonchev–Trinajstić information content (AvgIpc) is 3.05. The molecule has 4 rings (SSSR count). The molecule has 2 aliphatic heterocycles. The summed E-state index contributed by atoms with van der Waals surface area (Å²) in [6.07, 6.45) is 0.151. The van der Waals surface area contributed by atoms with Crippen LogP contribution in [0, 0.1) is 0 Å². The number of aliphatic hydroxyl groups excluding tert-OH is 2. The lowest BCUT2D eigenvalue weighted by Gasteiger charge is -2.37. The molecule has 172 valence electrons.